The largest absolute Gasteiger partial charge is 0.573 e. The summed E-state index contributed by atoms with van der Waals surface area (Å²) in [4.78, 5) is 15.5. The second-order valence-electron chi connectivity index (χ2n) is 7.84. The minimum atomic E-state index is -4.67. The minimum Gasteiger partial charge on any atom is -0.406 e. The zero-order chi connectivity index (χ0) is 26.1. The Morgan fingerprint density at radius 1 is 1.14 bits per heavy atom. The molecule has 11 heteroatoms. The van der Waals surface area contributed by atoms with E-state index in [0.29, 0.717) is 23.7 Å². The lowest BCUT2D eigenvalue weighted by atomic mass is 10.1. The maximum absolute atomic E-state index is 12.7. The number of hydrogen-bond acceptors (Lipinski definition) is 5. The van der Waals surface area contributed by atoms with E-state index in [1.54, 1.807) is 22.6 Å². The third-order valence-electron chi connectivity index (χ3n) is 5.22. The molecule has 3 aromatic rings. The number of nitrogens with one attached hydrogen (secondary N) is 1. The molecule has 0 bridgehead atoms. The zero-order valence-corrected chi connectivity index (χ0v) is 20.2. The van der Waals surface area contributed by atoms with Crippen molar-refractivity contribution in [1.29, 1.82) is 0 Å². The summed E-state index contributed by atoms with van der Waals surface area (Å²) in [6, 6.07) is 14.7. The second-order valence-corrected chi connectivity index (χ2v) is 9.28. The van der Waals surface area contributed by atoms with E-state index in [1.807, 2.05) is 19.2 Å². The number of rotatable bonds is 7. The summed E-state index contributed by atoms with van der Waals surface area (Å²) < 4.78 is 66.4. The van der Waals surface area contributed by atoms with Gasteiger partial charge in [-0.25, -0.2) is 12.9 Å². The van der Waals surface area contributed by atoms with Gasteiger partial charge in [0.05, 0.1) is 16.6 Å². The lowest BCUT2D eigenvalue weighted by Gasteiger charge is -2.18. The van der Waals surface area contributed by atoms with E-state index in [4.69, 9.17) is 0 Å². The highest BCUT2D eigenvalue weighted by Crippen LogP contribution is 2.26. The van der Waals surface area contributed by atoms with Crippen LogP contribution in [0.5, 0.6) is 5.75 Å². The Morgan fingerprint density at radius 2 is 1.83 bits per heavy atom. The highest BCUT2D eigenvalue weighted by atomic mass is 32.2. The van der Waals surface area contributed by atoms with Gasteiger partial charge in [0.1, 0.15) is 28.8 Å². The van der Waals surface area contributed by atoms with Gasteiger partial charge in [-0.2, -0.15) is 0 Å². The van der Waals surface area contributed by atoms with Crippen LogP contribution in [0, 0.1) is 5.82 Å². The zero-order valence-electron chi connectivity index (χ0n) is 19.4. The van der Waals surface area contributed by atoms with Crippen LogP contribution in [0.2, 0.25) is 0 Å². The summed E-state index contributed by atoms with van der Waals surface area (Å²) in [5, 5.41) is 3.02. The van der Waals surface area contributed by atoms with Gasteiger partial charge in [0, 0.05) is 24.8 Å². The summed E-state index contributed by atoms with van der Waals surface area (Å²) in [6.45, 7) is 1.35. The molecule has 0 aliphatic carbocycles. The Hall–Kier alpha value is -3.15. The average molecular weight is 524 g/mol. The second kappa shape index (κ2) is 12.7. The SMILES string of the molecule is CNCc1ccnc(-c2ccc(OC(F)(F)F)cc2)c1.O=CC1CCCN1S(=O)c1ccc(F)cc1. The molecule has 1 aliphatic rings. The number of aldehydes is 1. The lowest BCUT2D eigenvalue weighted by molar-refractivity contribution is -0.274. The average Bonchev–Trinajstić information content (AvgIpc) is 3.33. The lowest BCUT2D eigenvalue weighted by Crippen LogP contribution is -2.32. The van der Waals surface area contributed by atoms with E-state index in [0.717, 1.165) is 30.3 Å². The Kier molecular flexibility index (Phi) is 9.68. The summed E-state index contributed by atoms with van der Waals surface area (Å²) in [6.07, 6.45) is -0.560. The number of pyridine rings is 1. The van der Waals surface area contributed by atoms with Gasteiger partial charge in [-0.1, -0.05) is 0 Å². The van der Waals surface area contributed by atoms with E-state index < -0.39 is 17.3 Å². The molecule has 0 amide bonds. The predicted octanol–water partition coefficient (Wildman–Crippen LogP) is 4.88. The van der Waals surface area contributed by atoms with Crippen LogP contribution in [0.15, 0.2) is 71.8 Å². The maximum Gasteiger partial charge on any atom is 0.573 e. The van der Waals surface area contributed by atoms with E-state index in [2.05, 4.69) is 15.0 Å². The molecule has 1 fully saturated rings. The van der Waals surface area contributed by atoms with E-state index in [9.17, 15) is 26.6 Å². The van der Waals surface area contributed by atoms with Crippen molar-refractivity contribution in [2.75, 3.05) is 13.6 Å². The number of alkyl halides is 3. The van der Waals surface area contributed by atoms with Gasteiger partial charge < -0.3 is 14.8 Å². The molecule has 2 atom stereocenters. The fourth-order valence-electron chi connectivity index (χ4n) is 3.57. The smallest absolute Gasteiger partial charge is 0.406 e. The van der Waals surface area contributed by atoms with Gasteiger partial charge >= 0.3 is 6.36 Å². The summed E-state index contributed by atoms with van der Waals surface area (Å²) in [5.41, 5.74) is 2.49. The molecule has 6 nitrogen and oxygen atoms in total. The first-order valence-electron chi connectivity index (χ1n) is 11.1. The normalized spacial score (nSPS) is 16.6. The number of aromatic nitrogens is 1. The van der Waals surface area contributed by atoms with Gasteiger partial charge in [0.25, 0.3) is 0 Å². The number of nitrogens with zero attached hydrogens (tertiary/aromatic N) is 2. The monoisotopic (exact) mass is 523 g/mol. The number of hydrogen-bond donors (Lipinski definition) is 1. The Morgan fingerprint density at radius 3 is 2.44 bits per heavy atom. The van der Waals surface area contributed by atoms with Crippen molar-refractivity contribution in [3.05, 3.63) is 78.2 Å². The molecular weight excluding hydrogens is 498 g/mol. The molecule has 1 saturated heterocycles. The highest BCUT2D eigenvalue weighted by molar-refractivity contribution is 7.82. The Labute approximate surface area is 208 Å². The van der Waals surface area contributed by atoms with Crippen LogP contribution in [-0.2, 0) is 22.3 Å². The number of carbonyl (C=O) groups is 1. The number of carbonyl (C=O) groups excluding carboxylic acids is 1. The van der Waals surface area contributed by atoms with Gasteiger partial charge in [-0.3, -0.25) is 4.98 Å². The van der Waals surface area contributed by atoms with Gasteiger partial charge in [0.2, 0.25) is 0 Å². The van der Waals surface area contributed by atoms with Crippen LogP contribution in [0.1, 0.15) is 18.4 Å². The predicted molar refractivity (Wildman–Crippen MR) is 128 cm³/mol. The fourth-order valence-corrected chi connectivity index (χ4v) is 4.90. The van der Waals surface area contributed by atoms with Crippen molar-refractivity contribution in [3.63, 3.8) is 0 Å². The third kappa shape index (κ3) is 7.94. The van der Waals surface area contributed by atoms with Crippen molar-refractivity contribution in [2.45, 2.75) is 36.7 Å². The van der Waals surface area contributed by atoms with Crippen molar-refractivity contribution >= 4 is 17.3 Å². The van der Waals surface area contributed by atoms with E-state index in [-0.39, 0.29) is 17.6 Å². The maximum atomic E-state index is 12.7. The number of benzene rings is 2. The van der Waals surface area contributed by atoms with Crippen molar-refractivity contribution < 1.29 is 31.3 Å². The molecule has 2 unspecified atom stereocenters. The number of halogens is 4. The Bertz CT molecular complexity index is 1160. The standard InChI is InChI=1S/C14H13F3N2O.C11H12FNO2S/c1-18-9-10-6-7-19-13(8-10)11-2-4-12(5-3-11)20-14(15,16)17;12-9-3-5-11(6-4-9)16(15)13-7-1-2-10(13)8-14/h2-8,18H,9H2,1H3;3-6,8,10H,1-2,7H2. The van der Waals surface area contributed by atoms with Crippen LogP contribution in [-0.4, -0.2) is 45.8 Å². The van der Waals surface area contributed by atoms with Crippen molar-refractivity contribution in [3.8, 4) is 17.0 Å². The number of ether oxygens (including phenoxy) is 1. The Balaban J connectivity index is 0.000000205. The van der Waals surface area contributed by atoms with Crippen LogP contribution in [0.3, 0.4) is 0 Å². The van der Waals surface area contributed by atoms with Crippen LogP contribution >= 0.6 is 0 Å². The molecule has 192 valence electrons. The molecule has 2 aromatic carbocycles. The molecule has 0 spiro atoms. The molecule has 1 aliphatic heterocycles. The molecular formula is C25H25F4N3O3S. The van der Waals surface area contributed by atoms with E-state index in [1.165, 1.54) is 36.4 Å². The molecule has 0 saturated carbocycles. The molecule has 1 N–H and O–H groups in total. The first-order valence-corrected chi connectivity index (χ1v) is 12.2. The summed E-state index contributed by atoms with van der Waals surface area (Å²) in [7, 11) is 0.475. The topological polar surface area (TPSA) is 71.5 Å². The van der Waals surface area contributed by atoms with Crippen LogP contribution < -0.4 is 10.1 Å². The quantitative estimate of drug-likeness (QED) is 0.353. The summed E-state index contributed by atoms with van der Waals surface area (Å²) >= 11 is 0. The first kappa shape index (κ1) is 27.4. The van der Waals surface area contributed by atoms with Crippen LogP contribution in [0.4, 0.5) is 17.6 Å². The third-order valence-corrected chi connectivity index (χ3v) is 6.78. The molecule has 4 rings (SSSR count). The molecule has 2 heterocycles. The summed E-state index contributed by atoms with van der Waals surface area (Å²) in [5.74, 6) is -0.596. The first-order chi connectivity index (χ1) is 17.2. The fraction of sp³-hybridized carbons (Fsp3) is 0.280. The van der Waals surface area contributed by atoms with E-state index >= 15 is 0 Å². The molecule has 36 heavy (non-hydrogen) atoms. The molecule has 1 aromatic heterocycles. The van der Waals surface area contributed by atoms with Crippen LogP contribution in [0.25, 0.3) is 11.3 Å². The van der Waals surface area contributed by atoms with Gasteiger partial charge in [-0.15, -0.1) is 13.2 Å². The van der Waals surface area contributed by atoms with Crippen molar-refractivity contribution in [2.24, 2.45) is 0 Å². The van der Waals surface area contributed by atoms with Gasteiger partial charge in [-0.05, 0) is 86.1 Å². The minimum absolute atomic E-state index is 0.243. The van der Waals surface area contributed by atoms with Crippen molar-refractivity contribution in [1.82, 2.24) is 14.6 Å². The van der Waals surface area contributed by atoms with Gasteiger partial charge in [0.15, 0.2) is 0 Å². The highest BCUT2D eigenvalue weighted by Gasteiger charge is 2.31. The molecule has 0 radical (unpaired) electrons.